The van der Waals surface area contributed by atoms with Crippen LogP contribution in [0.3, 0.4) is 0 Å². The third-order valence-electron chi connectivity index (χ3n) is 2.01. The van der Waals surface area contributed by atoms with E-state index in [1.165, 1.54) is 0 Å². The number of pyridine rings is 1. The van der Waals surface area contributed by atoms with Gasteiger partial charge in [0.2, 0.25) is 0 Å². The van der Waals surface area contributed by atoms with Gasteiger partial charge in [0.15, 0.2) is 5.65 Å². The minimum atomic E-state index is 0.622. The fourth-order valence-corrected chi connectivity index (χ4v) is 1.43. The van der Waals surface area contributed by atoms with Crippen molar-refractivity contribution in [1.29, 1.82) is 0 Å². The van der Waals surface area contributed by atoms with E-state index in [1.807, 2.05) is 26.0 Å². The van der Waals surface area contributed by atoms with Crippen LogP contribution in [0.15, 0.2) is 24.5 Å². The van der Waals surface area contributed by atoms with Crippen molar-refractivity contribution in [3.8, 4) is 0 Å². The van der Waals surface area contributed by atoms with E-state index in [-0.39, 0.29) is 0 Å². The van der Waals surface area contributed by atoms with Crippen LogP contribution in [0.25, 0.3) is 11.2 Å². The Hall–Kier alpha value is -1.51. The van der Waals surface area contributed by atoms with Crippen molar-refractivity contribution in [2.24, 2.45) is 5.92 Å². The monoisotopic (exact) mass is 217 g/mol. The van der Waals surface area contributed by atoms with Crippen LogP contribution >= 0.6 is 0 Å². The maximum Gasteiger partial charge on any atom is 0.178 e. The van der Waals surface area contributed by atoms with Crippen LogP contribution in [-0.2, 0) is 6.42 Å². The Labute approximate surface area is 97.0 Å². The Bertz CT molecular complexity index is 438. The number of nitrogens with zero attached hydrogens (tertiary/aromatic N) is 3. The van der Waals surface area contributed by atoms with E-state index in [1.54, 1.807) is 12.4 Å². The Kier molecular flexibility index (Phi) is 4.83. The molecule has 0 saturated heterocycles. The molecule has 2 rings (SSSR count). The quantitative estimate of drug-likeness (QED) is 0.775. The third-order valence-corrected chi connectivity index (χ3v) is 2.01. The van der Waals surface area contributed by atoms with Crippen molar-refractivity contribution in [2.45, 2.75) is 34.1 Å². The largest absolute Gasteiger partial charge is 0.251 e. The molecule has 0 N–H and O–H groups in total. The lowest BCUT2D eigenvalue weighted by Crippen LogP contribution is -1.98. The minimum Gasteiger partial charge on any atom is -0.251 e. The lowest BCUT2D eigenvalue weighted by atomic mass is 10.1. The molecule has 0 aromatic carbocycles. The van der Waals surface area contributed by atoms with E-state index < -0.39 is 0 Å². The van der Waals surface area contributed by atoms with E-state index in [0.717, 1.165) is 23.3 Å². The van der Waals surface area contributed by atoms with Crippen molar-refractivity contribution in [3.63, 3.8) is 0 Å². The first-order chi connectivity index (χ1) is 7.75. The van der Waals surface area contributed by atoms with E-state index >= 15 is 0 Å². The second kappa shape index (κ2) is 6.16. The summed E-state index contributed by atoms with van der Waals surface area (Å²) in [5, 5.41) is 0. The fourth-order valence-electron chi connectivity index (χ4n) is 1.43. The first-order valence-electron chi connectivity index (χ1n) is 5.82. The first kappa shape index (κ1) is 12.6. The first-order valence-corrected chi connectivity index (χ1v) is 5.82. The van der Waals surface area contributed by atoms with Crippen molar-refractivity contribution < 1.29 is 0 Å². The van der Waals surface area contributed by atoms with E-state index in [2.05, 4.69) is 28.8 Å². The molecule has 0 unspecified atom stereocenters. The summed E-state index contributed by atoms with van der Waals surface area (Å²) in [5.74, 6) is 0.622. The minimum absolute atomic E-state index is 0.622. The maximum absolute atomic E-state index is 4.44. The second-order valence-electron chi connectivity index (χ2n) is 3.80. The highest BCUT2D eigenvalue weighted by Gasteiger charge is 2.01. The summed E-state index contributed by atoms with van der Waals surface area (Å²) in [5.41, 5.74) is 2.69. The average Bonchev–Trinajstić information content (AvgIpc) is 2.31. The molecule has 0 fully saturated rings. The van der Waals surface area contributed by atoms with Crippen LogP contribution in [0.2, 0.25) is 0 Å². The number of rotatable bonds is 2. The van der Waals surface area contributed by atoms with Gasteiger partial charge < -0.3 is 0 Å². The Morgan fingerprint density at radius 1 is 1.06 bits per heavy atom. The van der Waals surface area contributed by atoms with E-state index in [4.69, 9.17) is 0 Å². The van der Waals surface area contributed by atoms with Crippen LogP contribution in [0.5, 0.6) is 0 Å². The molecule has 86 valence electrons. The summed E-state index contributed by atoms with van der Waals surface area (Å²) in [6.45, 7) is 8.37. The van der Waals surface area contributed by atoms with Gasteiger partial charge in [-0.25, -0.2) is 9.97 Å². The lowest BCUT2D eigenvalue weighted by Gasteiger charge is -2.03. The van der Waals surface area contributed by atoms with Crippen molar-refractivity contribution in [2.75, 3.05) is 0 Å². The molecular formula is C13H19N3. The summed E-state index contributed by atoms with van der Waals surface area (Å²) in [6, 6.07) is 4.00. The highest BCUT2D eigenvalue weighted by molar-refractivity contribution is 5.68. The van der Waals surface area contributed by atoms with Gasteiger partial charge in [0.25, 0.3) is 0 Å². The van der Waals surface area contributed by atoms with Gasteiger partial charge in [-0.15, -0.1) is 0 Å². The van der Waals surface area contributed by atoms with Crippen LogP contribution in [0.4, 0.5) is 0 Å². The fraction of sp³-hybridized carbons (Fsp3) is 0.462. The molecular weight excluding hydrogens is 198 g/mol. The van der Waals surface area contributed by atoms with Crippen LogP contribution in [0.1, 0.15) is 33.4 Å². The van der Waals surface area contributed by atoms with Crippen molar-refractivity contribution in [3.05, 3.63) is 30.2 Å². The summed E-state index contributed by atoms with van der Waals surface area (Å²) < 4.78 is 0. The molecule has 0 aliphatic rings. The Balaban J connectivity index is 0.000000606. The summed E-state index contributed by atoms with van der Waals surface area (Å²) in [6.07, 6.45) is 4.35. The number of hydrogen-bond acceptors (Lipinski definition) is 3. The molecule has 0 atom stereocenters. The van der Waals surface area contributed by atoms with E-state index in [0.29, 0.717) is 5.92 Å². The molecule has 2 heterocycles. The molecule has 3 heteroatoms. The van der Waals surface area contributed by atoms with Gasteiger partial charge in [0, 0.05) is 18.1 Å². The van der Waals surface area contributed by atoms with Gasteiger partial charge in [0.05, 0.1) is 0 Å². The topological polar surface area (TPSA) is 38.7 Å². The SMILES string of the molecule is CC.CC(C)Cc1ccc2nccnc2n1. The zero-order valence-electron chi connectivity index (χ0n) is 10.4. The maximum atomic E-state index is 4.44. The van der Waals surface area contributed by atoms with Crippen molar-refractivity contribution in [1.82, 2.24) is 15.0 Å². The molecule has 0 spiro atoms. The smallest absolute Gasteiger partial charge is 0.178 e. The zero-order valence-corrected chi connectivity index (χ0v) is 10.4. The Morgan fingerprint density at radius 3 is 2.44 bits per heavy atom. The number of aromatic nitrogens is 3. The molecule has 0 aliphatic carbocycles. The van der Waals surface area contributed by atoms with E-state index in [9.17, 15) is 0 Å². The van der Waals surface area contributed by atoms with Crippen molar-refractivity contribution >= 4 is 11.2 Å². The van der Waals surface area contributed by atoms with Gasteiger partial charge in [0.1, 0.15) is 5.52 Å². The zero-order chi connectivity index (χ0) is 12.0. The molecule has 0 aliphatic heterocycles. The summed E-state index contributed by atoms with van der Waals surface area (Å²) >= 11 is 0. The molecule has 0 amide bonds. The molecule has 2 aromatic rings. The number of fused-ring (bicyclic) bond motifs is 1. The Morgan fingerprint density at radius 2 is 1.75 bits per heavy atom. The molecule has 3 nitrogen and oxygen atoms in total. The normalized spacial score (nSPS) is 10.1. The van der Waals surface area contributed by atoms with Crippen LogP contribution in [-0.4, -0.2) is 15.0 Å². The predicted octanol–water partition coefficient (Wildman–Crippen LogP) is 3.25. The summed E-state index contributed by atoms with van der Waals surface area (Å²) in [7, 11) is 0. The second-order valence-corrected chi connectivity index (χ2v) is 3.80. The number of hydrogen-bond donors (Lipinski definition) is 0. The highest BCUT2D eigenvalue weighted by Crippen LogP contribution is 2.09. The molecule has 0 radical (unpaired) electrons. The van der Waals surface area contributed by atoms with Gasteiger partial charge in [-0.05, 0) is 24.5 Å². The highest BCUT2D eigenvalue weighted by atomic mass is 14.9. The predicted molar refractivity (Wildman–Crippen MR) is 67.2 cm³/mol. The molecule has 0 saturated carbocycles. The molecule has 2 aromatic heterocycles. The average molecular weight is 217 g/mol. The lowest BCUT2D eigenvalue weighted by molar-refractivity contribution is 0.636. The van der Waals surface area contributed by atoms with Gasteiger partial charge in [-0.2, -0.15) is 0 Å². The van der Waals surface area contributed by atoms with Gasteiger partial charge >= 0.3 is 0 Å². The molecule has 0 bridgehead atoms. The van der Waals surface area contributed by atoms with Crippen LogP contribution in [0, 0.1) is 5.92 Å². The third kappa shape index (κ3) is 3.26. The molecule has 16 heavy (non-hydrogen) atoms. The summed E-state index contributed by atoms with van der Waals surface area (Å²) in [4.78, 5) is 12.8. The van der Waals surface area contributed by atoms with Gasteiger partial charge in [-0.3, -0.25) is 4.98 Å². The standard InChI is InChI=1S/C11H13N3.C2H6/c1-8(2)7-9-3-4-10-11(14-9)13-6-5-12-10;1-2/h3-6,8H,7H2,1-2H3;1-2H3. The van der Waals surface area contributed by atoms with Crippen LogP contribution < -0.4 is 0 Å². The van der Waals surface area contributed by atoms with Gasteiger partial charge in [-0.1, -0.05) is 27.7 Å².